The van der Waals surface area contributed by atoms with Gasteiger partial charge in [0.05, 0.1) is 12.0 Å². The molecule has 1 aromatic carbocycles. The maximum Gasteiger partial charge on any atom is 0.416 e. The molecule has 1 heterocycles. The van der Waals surface area contributed by atoms with Crippen LogP contribution >= 0.6 is 12.4 Å². The molecule has 21 heavy (non-hydrogen) atoms. The van der Waals surface area contributed by atoms with Crippen molar-refractivity contribution in [2.75, 3.05) is 13.1 Å². The van der Waals surface area contributed by atoms with Crippen molar-refractivity contribution >= 4 is 18.3 Å². The summed E-state index contributed by atoms with van der Waals surface area (Å²) in [5.41, 5.74) is -0.724. The van der Waals surface area contributed by atoms with E-state index in [9.17, 15) is 18.0 Å². The Kier molecular flexibility index (Phi) is 6.48. The van der Waals surface area contributed by atoms with Gasteiger partial charge in [-0.15, -0.1) is 12.4 Å². The van der Waals surface area contributed by atoms with E-state index >= 15 is 0 Å². The lowest BCUT2D eigenvalue weighted by atomic mass is 10.0. The summed E-state index contributed by atoms with van der Waals surface area (Å²) in [6.45, 7) is 1.59. The number of halogens is 4. The van der Waals surface area contributed by atoms with Crippen molar-refractivity contribution in [1.82, 2.24) is 10.6 Å². The van der Waals surface area contributed by atoms with Gasteiger partial charge in [-0.3, -0.25) is 4.79 Å². The van der Waals surface area contributed by atoms with Gasteiger partial charge in [-0.25, -0.2) is 0 Å². The molecule has 1 fully saturated rings. The fourth-order valence-electron chi connectivity index (χ4n) is 2.38. The molecule has 0 bridgehead atoms. The predicted octanol–water partition coefficient (Wildman–Crippen LogP) is 2.54. The molecular formula is C14H18ClF3N2O. The van der Waals surface area contributed by atoms with E-state index in [-0.39, 0.29) is 36.3 Å². The molecule has 0 radical (unpaired) electrons. The molecule has 1 aliphatic heterocycles. The van der Waals surface area contributed by atoms with Gasteiger partial charge in [0.2, 0.25) is 5.91 Å². The fraction of sp³-hybridized carbons (Fsp3) is 0.500. The lowest BCUT2D eigenvalue weighted by Gasteiger charge is -2.24. The average Bonchev–Trinajstić information content (AvgIpc) is 2.39. The molecule has 1 atom stereocenters. The van der Waals surface area contributed by atoms with Gasteiger partial charge in [0.15, 0.2) is 0 Å². The van der Waals surface area contributed by atoms with Crippen LogP contribution in [0.4, 0.5) is 13.2 Å². The molecule has 0 unspecified atom stereocenters. The lowest BCUT2D eigenvalue weighted by molar-refractivity contribution is -0.138. The summed E-state index contributed by atoms with van der Waals surface area (Å²) in [4.78, 5) is 11.9. The van der Waals surface area contributed by atoms with Crippen molar-refractivity contribution in [3.63, 3.8) is 0 Å². The first kappa shape index (κ1) is 17.8. The largest absolute Gasteiger partial charge is 0.416 e. The molecule has 1 aromatic rings. The highest BCUT2D eigenvalue weighted by Gasteiger charge is 2.33. The lowest BCUT2D eigenvalue weighted by Crippen LogP contribution is -2.46. The zero-order valence-corrected chi connectivity index (χ0v) is 12.2. The topological polar surface area (TPSA) is 41.1 Å². The van der Waals surface area contributed by atoms with Crippen LogP contribution in [-0.2, 0) is 17.4 Å². The summed E-state index contributed by atoms with van der Waals surface area (Å²) in [5.74, 6) is -0.365. The third-order valence-corrected chi connectivity index (χ3v) is 3.34. The summed E-state index contributed by atoms with van der Waals surface area (Å²) < 4.78 is 38.4. The van der Waals surface area contributed by atoms with Crippen molar-refractivity contribution < 1.29 is 18.0 Å². The van der Waals surface area contributed by atoms with Crippen LogP contribution in [0.3, 0.4) is 0 Å². The molecule has 0 spiro atoms. The van der Waals surface area contributed by atoms with Crippen molar-refractivity contribution in [2.45, 2.75) is 31.5 Å². The smallest absolute Gasteiger partial charge is 0.352 e. The highest BCUT2D eigenvalue weighted by Crippen LogP contribution is 2.31. The highest BCUT2D eigenvalue weighted by atomic mass is 35.5. The Morgan fingerprint density at radius 2 is 2.05 bits per heavy atom. The normalized spacial score (nSPS) is 18.7. The second kappa shape index (κ2) is 7.66. The zero-order valence-electron chi connectivity index (χ0n) is 11.4. The molecule has 2 rings (SSSR count). The zero-order chi connectivity index (χ0) is 14.6. The number of nitrogens with one attached hydrogen (secondary N) is 2. The second-order valence-electron chi connectivity index (χ2n) is 4.94. The molecule has 0 aromatic heterocycles. The number of rotatable bonds is 3. The van der Waals surface area contributed by atoms with Crippen LogP contribution in [0, 0.1) is 0 Å². The Labute approximate surface area is 127 Å². The summed E-state index contributed by atoms with van der Waals surface area (Å²) in [5, 5.41) is 5.92. The monoisotopic (exact) mass is 322 g/mol. The number of hydrogen-bond acceptors (Lipinski definition) is 2. The minimum Gasteiger partial charge on any atom is -0.352 e. The van der Waals surface area contributed by atoms with Gasteiger partial charge in [-0.1, -0.05) is 18.2 Å². The standard InChI is InChI=1S/C14H17F3N2O.ClH/c15-14(16,17)12-6-2-1-4-10(12)8-13(20)19-11-5-3-7-18-9-11;/h1-2,4,6,11,18H,3,5,7-9H2,(H,19,20);1H/t11-;/m0./s1. The number of piperidine rings is 1. The Morgan fingerprint density at radius 1 is 1.33 bits per heavy atom. The third-order valence-electron chi connectivity index (χ3n) is 3.34. The van der Waals surface area contributed by atoms with Crippen molar-refractivity contribution in [3.8, 4) is 0 Å². The molecule has 1 saturated heterocycles. The molecule has 7 heteroatoms. The van der Waals surface area contributed by atoms with Crippen molar-refractivity contribution in [3.05, 3.63) is 35.4 Å². The van der Waals surface area contributed by atoms with Crippen LogP contribution in [0.2, 0.25) is 0 Å². The molecule has 2 N–H and O–H groups in total. The quantitative estimate of drug-likeness (QED) is 0.898. The van der Waals surface area contributed by atoms with E-state index in [0.29, 0.717) is 6.54 Å². The van der Waals surface area contributed by atoms with E-state index < -0.39 is 11.7 Å². The first-order valence-electron chi connectivity index (χ1n) is 6.62. The van der Waals surface area contributed by atoms with Crippen LogP contribution < -0.4 is 10.6 Å². The van der Waals surface area contributed by atoms with Gasteiger partial charge in [0.25, 0.3) is 0 Å². The first-order chi connectivity index (χ1) is 9.47. The number of amides is 1. The Hall–Kier alpha value is -1.27. The molecule has 1 amide bonds. The Morgan fingerprint density at radius 3 is 2.67 bits per heavy atom. The van der Waals surface area contributed by atoms with E-state index in [1.165, 1.54) is 18.2 Å². The fourth-order valence-corrected chi connectivity index (χ4v) is 2.38. The van der Waals surface area contributed by atoms with Crippen LogP contribution in [-0.4, -0.2) is 25.0 Å². The van der Waals surface area contributed by atoms with Crippen LogP contribution in [0.15, 0.2) is 24.3 Å². The Bertz CT molecular complexity index is 474. The first-order valence-corrected chi connectivity index (χ1v) is 6.62. The second-order valence-corrected chi connectivity index (χ2v) is 4.94. The third kappa shape index (κ3) is 5.21. The van der Waals surface area contributed by atoms with E-state index in [0.717, 1.165) is 25.5 Å². The predicted molar refractivity (Wildman–Crippen MR) is 76.4 cm³/mol. The minimum atomic E-state index is -4.43. The van der Waals surface area contributed by atoms with E-state index in [1.54, 1.807) is 0 Å². The molecule has 3 nitrogen and oxygen atoms in total. The summed E-state index contributed by atoms with van der Waals surface area (Å²) in [6.07, 6.45) is -2.85. The minimum absolute atomic E-state index is 0. The number of carbonyl (C=O) groups excluding carboxylic acids is 1. The van der Waals surface area contributed by atoms with Gasteiger partial charge in [0.1, 0.15) is 0 Å². The number of benzene rings is 1. The molecule has 118 valence electrons. The van der Waals surface area contributed by atoms with Crippen LogP contribution in [0.5, 0.6) is 0 Å². The van der Waals surface area contributed by atoms with Gasteiger partial charge in [-0.2, -0.15) is 13.2 Å². The summed E-state index contributed by atoms with van der Waals surface area (Å²) in [6, 6.07) is 5.20. The number of carbonyl (C=O) groups is 1. The molecular weight excluding hydrogens is 305 g/mol. The van der Waals surface area contributed by atoms with Gasteiger partial charge < -0.3 is 10.6 Å². The average molecular weight is 323 g/mol. The van der Waals surface area contributed by atoms with E-state index in [4.69, 9.17) is 0 Å². The maximum absolute atomic E-state index is 12.8. The van der Waals surface area contributed by atoms with Gasteiger partial charge in [-0.05, 0) is 31.0 Å². The molecule has 0 saturated carbocycles. The summed E-state index contributed by atoms with van der Waals surface area (Å²) in [7, 11) is 0. The summed E-state index contributed by atoms with van der Waals surface area (Å²) >= 11 is 0. The Balaban J connectivity index is 0.00000220. The van der Waals surface area contributed by atoms with Crippen molar-refractivity contribution in [1.29, 1.82) is 0 Å². The van der Waals surface area contributed by atoms with Gasteiger partial charge >= 0.3 is 6.18 Å². The van der Waals surface area contributed by atoms with Crippen molar-refractivity contribution in [2.24, 2.45) is 0 Å². The van der Waals surface area contributed by atoms with Gasteiger partial charge in [0, 0.05) is 12.6 Å². The van der Waals surface area contributed by atoms with E-state index in [2.05, 4.69) is 10.6 Å². The highest BCUT2D eigenvalue weighted by molar-refractivity contribution is 5.85. The number of hydrogen-bond donors (Lipinski definition) is 2. The molecule has 1 aliphatic rings. The maximum atomic E-state index is 12.8. The SMILES string of the molecule is Cl.O=C(Cc1ccccc1C(F)(F)F)N[C@H]1CCCNC1. The van der Waals surface area contributed by atoms with E-state index in [1.807, 2.05) is 0 Å². The number of alkyl halides is 3. The molecule has 0 aliphatic carbocycles. The van der Waals surface area contributed by atoms with Crippen LogP contribution in [0.25, 0.3) is 0 Å². The van der Waals surface area contributed by atoms with Crippen LogP contribution in [0.1, 0.15) is 24.0 Å².